The summed E-state index contributed by atoms with van der Waals surface area (Å²) in [5.74, 6) is 1.81. The lowest BCUT2D eigenvalue weighted by Crippen LogP contribution is -2.42. The quantitative estimate of drug-likeness (QED) is 0.278. The van der Waals surface area contributed by atoms with E-state index in [4.69, 9.17) is 4.74 Å². The molecule has 1 atom stereocenters. The topological polar surface area (TPSA) is 48.9 Å². The molecule has 6 heteroatoms. The van der Waals surface area contributed by atoms with Crippen LogP contribution in [-0.2, 0) is 6.54 Å². The number of rotatable bonds is 11. The van der Waals surface area contributed by atoms with Crippen LogP contribution in [0.5, 0.6) is 5.75 Å². The van der Waals surface area contributed by atoms with E-state index in [9.17, 15) is 0 Å². The number of halogens is 1. The fourth-order valence-corrected chi connectivity index (χ4v) is 2.99. The summed E-state index contributed by atoms with van der Waals surface area (Å²) in [6, 6.07) is 6.71. The molecule has 0 amide bonds. The lowest BCUT2D eigenvalue weighted by atomic mass is 10.1. The minimum atomic E-state index is 0. The normalized spacial score (nSPS) is 12.5. The molecule has 27 heavy (non-hydrogen) atoms. The number of nitrogens with one attached hydrogen (secondary N) is 2. The predicted molar refractivity (Wildman–Crippen MR) is 128 cm³/mol. The van der Waals surface area contributed by atoms with Gasteiger partial charge in [-0.1, -0.05) is 26.0 Å². The maximum Gasteiger partial charge on any atom is 0.191 e. The molecular weight excluding hydrogens is 451 g/mol. The summed E-state index contributed by atoms with van der Waals surface area (Å²) in [6.07, 6.45) is 2.34. The van der Waals surface area contributed by atoms with Crippen LogP contribution in [0.4, 0.5) is 0 Å². The van der Waals surface area contributed by atoms with Crippen LogP contribution in [0.1, 0.15) is 51.7 Å². The molecule has 0 radical (unpaired) electrons. The molecule has 0 aliphatic heterocycles. The van der Waals surface area contributed by atoms with Gasteiger partial charge < -0.3 is 20.3 Å². The smallest absolute Gasteiger partial charge is 0.191 e. The van der Waals surface area contributed by atoms with Crippen molar-refractivity contribution in [2.75, 3.05) is 33.3 Å². The molecule has 0 aliphatic rings. The summed E-state index contributed by atoms with van der Waals surface area (Å²) in [5, 5.41) is 6.89. The van der Waals surface area contributed by atoms with Crippen LogP contribution in [0.3, 0.4) is 0 Å². The molecule has 0 spiro atoms. The molecule has 1 aromatic rings. The number of ether oxygens (including phenoxy) is 1. The SMILES string of the molecule is CCOc1ccc(CNC(=NC)NC(C)CCCN(CC)CC)cc1C.I. The van der Waals surface area contributed by atoms with Crippen molar-refractivity contribution < 1.29 is 4.74 Å². The van der Waals surface area contributed by atoms with Crippen LogP contribution < -0.4 is 15.4 Å². The van der Waals surface area contributed by atoms with Crippen molar-refractivity contribution >= 4 is 29.9 Å². The molecule has 0 saturated heterocycles. The van der Waals surface area contributed by atoms with Gasteiger partial charge in [-0.2, -0.15) is 0 Å². The molecule has 156 valence electrons. The lowest BCUT2D eigenvalue weighted by Gasteiger charge is -2.21. The third-order valence-corrected chi connectivity index (χ3v) is 4.61. The molecule has 2 N–H and O–H groups in total. The van der Waals surface area contributed by atoms with E-state index in [1.165, 1.54) is 17.5 Å². The number of aliphatic imine (C=N–C) groups is 1. The number of nitrogens with zero attached hydrogens (tertiary/aromatic N) is 2. The molecule has 0 saturated carbocycles. The Hall–Kier alpha value is -1.02. The van der Waals surface area contributed by atoms with E-state index in [0.717, 1.165) is 44.3 Å². The Balaban J connectivity index is 0.00000676. The van der Waals surface area contributed by atoms with Gasteiger partial charge in [-0.3, -0.25) is 4.99 Å². The van der Waals surface area contributed by atoms with E-state index in [-0.39, 0.29) is 24.0 Å². The standard InChI is InChI=1S/C21H38N4O.HI/c1-7-25(8-2)14-10-11-18(5)24-21(22-6)23-16-19-12-13-20(26-9-3)17(4)15-19;/h12-13,15,18H,7-11,14,16H2,1-6H3,(H2,22,23,24);1H. The fraction of sp³-hybridized carbons (Fsp3) is 0.667. The second kappa shape index (κ2) is 15.0. The zero-order valence-corrected chi connectivity index (χ0v) is 20.3. The van der Waals surface area contributed by atoms with E-state index in [0.29, 0.717) is 12.6 Å². The first-order chi connectivity index (χ1) is 12.5. The lowest BCUT2D eigenvalue weighted by molar-refractivity contribution is 0.292. The molecule has 1 aromatic carbocycles. The third-order valence-electron chi connectivity index (χ3n) is 4.61. The highest BCUT2D eigenvalue weighted by atomic mass is 127. The summed E-state index contributed by atoms with van der Waals surface area (Å²) in [6.45, 7) is 15.6. The Labute approximate surface area is 183 Å². The van der Waals surface area contributed by atoms with Crippen molar-refractivity contribution in [2.24, 2.45) is 4.99 Å². The Morgan fingerprint density at radius 1 is 1.22 bits per heavy atom. The first kappa shape index (κ1) is 26.0. The third kappa shape index (κ3) is 10.2. The first-order valence-corrected chi connectivity index (χ1v) is 9.95. The van der Waals surface area contributed by atoms with Gasteiger partial charge in [0, 0.05) is 19.6 Å². The van der Waals surface area contributed by atoms with Crippen molar-refractivity contribution in [3.63, 3.8) is 0 Å². The Kier molecular flexibility index (Phi) is 14.4. The number of benzene rings is 1. The minimum absolute atomic E-state index is 0. The molecule has 0 aromatic heterocycles. The van der Waals surface area contributed by atoms with Gasteiger partial charge in [-0.15, -0.1) is 24.0 Å². The highest BCUT2D eigenvalue weighted by Gasteiger charge is 2.07. The van der Waals surface area contributed by atoms with Gasteiger partial charge in [0.05, 0.1) is 6.61 Å². The van der Waals surface area contributed by atoms with Crippen LogP contribution in [0, 0.1) is 6.92 Å². The Morgan fingerprint density at radius 3 is 2.48 bits per heavy atom. The van der Waals surface area contributed by atoms with Gasteiger partial charge >= 0.3 is 0 Å². The van der Waals surface area contributed by atoms with E-state index in [1.54, 1.807) is 0 Å². The average Bonchev–Trinajstić information content (AvgIpc) is 2.64. The molecule has 1 rings (SSSR count). The van der Waals surface area contributed by atoms with Crippen molar-refractivity contribution in [1.82, 2.24) is 15.5 Å². The number of hydrogen-bond donors (Lipinski definition) is 2. The largest absolute Gasteiger partial charge is 0.494 e. The Bertz CT molecular complexity index is 547. The van der Waals surface area contributed by atoms with Gasteiger partial charge in [-0.25, -0.2) is 0 Å². The number of aryl methyl sites for hydroxylation is 1. The predicted octanol–water partition coefficient (Wildman–Crippen LogP) is 4.19. The van der Waals surface area contributed by atoms with E-state index in [2.05, 4.69) is 60.4 Å². The van der Waals surface area contributed by atoms with Gasteiger partial charge in [0.2, 0.25) is 0 Å². The van der Waals surface area contributed by atoms with Crippen molar-refractivity contribution in [3.8, 4) is 5.75 Å². The number of guanidine groups is 1. The molecule has 0 aliphatic carbocycles. The zero-order chi connectivity index (χ0) is 19.4. The summed E-state index contributed by atoms with van der Waals surface area (Å²) in [7, 11) is 1.82. The first-order valence-electron chi connectivity index (χ1n) is 9.95. The summed E-state index contributed by atoms with van der Waals surface area (Å²) >= 11 is 0. The van der Waals surface area contributed by atoms with Crippen LogP contribution in [0.25, 0.3) is 0 Å². The highest BCUT2D eigenvalue weighted by molar-refractivity contribution is 14.0. The maximum absolute atomic E-state index is 5.60. The van der Waals surface area contributed by atoms with E-state index in [1.807, 2.05) is 20.0 Å². The molecule has 1 unspecified atom stereocenters. The number of hydrogen-bond acceptors (Lipinski definition) is 3. The molecule has 0 fully saturated rings. The average molecular weight is 490 g/mol. The van der Waals surface area contributed by atoms with Gasteiger partial charge in [0.1, 0.15) is 5.75 Å². The molecular formula is C21H39IN4O. The monoisotopic (exact) mass is 490 g/mol. The van der Waals surface area contributed by atoms with Gasteiger partial charge in [0.25, 0.3) is 0 Å². The van der Waals surface area contributed by atoms with Crippen molar-refractivity contribution in [3.05, 3.63) is 29.3 Å². The van der Waals surface area contributed by atoms with Crippen LogP contribution in [0.2, 0.25) is 0 Å². The molecule has 0 bridgehead atoms. The van der Waals surface area contributed by atoms with Crippen LogP contribution >= 0.6 is 24.0 Å². The van der Waals surface area contributed by atoms with Crippen LogP contribution in [-0.4, -0.2) is 50.2 Å². The van der Waals surface area contributed by atoms with E-state index >= 15 is 0 Å². The maximum atomic E-state index is 5.60. The van der Waals surface area contributed by atoms with Crippen molar-refractivity contribution in [2.45, 2.75) is 60.0 Å². The minimum Gasteiger partial charge on any atom is -0.494 e. The summed E-state index contributed by atoms with van der Waals surface area (Å²) in [4.78, 5) is 6.81. The highest BCUT2D eigenvalue weighted by Crippen LogP contribution is 2.18. The second-order valence-corrected chi connectivity index (χ2v) is 6.67. The summed E-state index contributed by atoms with van der Waals surface area (Å²) < 4.78 is 5.60. The zero-order valence-electron chi connectivity index (χ0n) is 18.0. The second-order valence-electron chi connectivity index (χ2n) is 6.67. The van der Waals surface area contributed by atoms with Crippen molar-refractivity contribution in [1.29, 1.82) is 0 Å². The van der Waals surface area contributed by atoms with Crippen LogP contribution in [0.15, 0.2) is 23.2 Å². The van der Waals surface area contributed by atoms with Gasteiger partial charge in [-0.05, 0) is 70.4 Å². The molecule has 0 heterocycles. The molecule has 5 nitrogen and oxygen atoms in total. The Morgan fingerprint density at radius 2 is 1.93 bits per heavy atom. The van der Waals surface area contributed by atoms with Gasteiger partial charge in [0.15, 0.2) is 5.96 Å². The fourth-order valence-electron chi connectivity index (χ4n) is 2.99. The summed E-state index contributed by atoms with van der Waals surface area (Å²) in [5.41, 5.74) is 2.39. The van der Waals surface area contributed by atoms with E-state index < -0.39 is 0 Å².